The minimum atomic E-state index is -0.460. The highest BCUT2D eigenvalue weighted by Gasteiger charge is 2.17. The Kier molecular flexibility index (Phi) is 4.65. The lowest BCUT2D eigenvalue weighted by Crippen LogP contribution is -2.13. The first-order valence-corrected chi connectivity index (χ1v) is 6.14. The molecule has 0 atom stereocenters. The van der Waals surface area contributed by atoms with Gasteiger partial charge in [-0.2, -0.15) is 0 Å². The van der Waals surface area contributed by atoms with E-state index in [1.54, 1.807) is 6.92 Å². The molecule has 0 aliphatic carbocycles. The molecule has 0 fully saturated rings. The molecule has 0 aromatic heterocycles. The van der Waals surface area contributed by atoms with Crippen LogP contribution in [0.5, 0.6) is 0 Å². The van der Waals surface area contributed by atoms with Crippen LogP contribution in [0.3, 0.4) is 0 Å². The molecule has 98 valence electrons. The molecule has 0 aliphatic heterocycles. The minimum absolute atomic E-state index is 0.169. The predicted molar refractivity (Wildman–Crippen MR) is 71.0 cm³/mol. The van der Waals surface area contributed by atoms with Gasteiger partial charge in [0.25, 0.3) is 0 Å². The smallest absolute Gasteiger partial charge is 0.313 e. The zero-order valence-electron chi connectivity index (χ0n) is 11.7. The third kappa shape index (κ3) is 2.97. The molecule has 0 unspecified atom stereocenters. The van der Waals surface area contributed by atoms with E-state index >= 15 is 0 Å². The Morgan fingerprint density at radius 1 is 1.06 bits per heavy atom. The Labute approximate surface area is 108 Å². The van der Waals surface area contributed by atoms with Gasteiger partial charge in [-0.15, -0.1) is 0 Å². The lowest BCUT2D eigenvalue weighted by molar-refractivity contribution is -0.141. The number of carbonyl (C=O) groups is 2. The molecule has 0 heterocycles. The number of carbonyl (C=O) groups excluding carboxylic acids is 2. The van der Waals surface area contributed by atoms with Crippen molar-refractivity contribution in [3.8, 4) is 0 Å². The van der Waals surface area contributed by atoms with E-state index in [0.717, 1.165) is 16.7 Å². The summed E-state index contributed by atoms with van der Waals surface area (Å²) < 4.78 is 4.80. The average Bonchev–Trinajstić information content (AvgIpc) is 2.31. The maximum atomic E-state index is 12.1. The van der Waals surface area contributed by atoms with Crippen molar-refractivity contribution in [3.05, 3.63) is 33.9 Å². The van der Waals surface area contributed by atoms with Crippen LogP contribution in [0.4, 0.5) is 0 Å². The van der Waals surface area contributed by atoms with E-state index < -0.39 is 5.97 Å². The molecule has 0 N–H and O–H groups in total. The Hall–Kier alpha value is -1.64. The SMILES string of the molecule is CCOC(=O)CC(=O)c1cc(C)c(C)c(C)c1C. The van der Waals surface area contributed by atoms with Crippen LogP contribution < -0.4 is 0 Å². The van der Waals surface area contributed by atoms with Crippen LogP contribution in [0.25, 0.3) is 0 Å². The zero-order valence-corrected chi connectivity index (χ0v) is 11.7. The van der Waals surface area contributed by atoms with Gasteiger partial charge >= 0.3 is 5.97 Å². The van der Waals surface area contributed by atoms with Crippen LogP contribution in [-0.2, 0) is 9.53 Å². The first-order chi connectivity index (χ1) is 8.38. The second-order valence-electron chi connectivity index (χ2n) is 4.52. The van der Waals surface area contributed by atoms with Gasteiger partial charge in [-0.05, 0) is 62.9 Å². The summed E-state index contributed by atoms with van der Waals surface area (Å²) in [7, 11) is 0. The van der Waals surface area contributed by atoms with E-state index in [9.17, 15) is 9.59 Å². The number of rotatable bonds is 4. The maximum absolute atomic E-state index is 12.1. The molecular weight excluding hydrogens is 228 g/mol. The molecule has 1 aromatic carbocycles. The Bertz CT molecular complexity index is 487. The van der Waals surface area contributed by atoms with Crippen molar-refractivity contribution in [2.24, 2.45) is 0 Å². The predicted octanol–water partition coefficient (Wildman–Crippen LogP) is 3.06. The van der Waals surface area contributed by atoms with Gasteiger partial charge in [-0.3, -0.25) is 9.59 Å². The molecule has 0 aliphatic rings. The van der Waals surface area contributed by atoms with E-state index in [2.05, 4.69) is 0 Å². The summed E-state index contributed by atoms with van der Waals surface area (Å²) in [5, 5.41) is 0. The van der Waals surface area contributed by atoms with E-state index in [-0.39, 0.29) is 12.2 Å². The summed E-state index contributed by atoms with van der Waals surface area (Å²) in [4.78, 5) is 23.4. The Morgan fingerprint density at radius 3 is 2.22 bits per heavy atom. The highest BCUT2D eigenvalue weighted by atomic mass is 16.5. The van der Waals surface area contributed by atoms with Crippen LogP contribution >= 0.6 is 0 Å². The van der Waals surface area contributed by atoms with Gasteiger partial charge in [0.1, 0.15) is 6.42 Å². The lowest BCUT2D eigenvalue weighted by atomic mass is 9.92. The van der Waals surface area contributed by atoms with Crippen LogP contribution in [-0.4, -0.2) is 18.4 Å². The number of hydrogen-bond donors (Lipinski definition) is 0. The molecule has 18 heavy (non-hydrogen) atoms. The Balaban J connectivity index is 3.04. The Morgan fingerprint density at radius 2 is 1.67 bits per heavy atom. The number of benzene rings is 1. The fraction of sp³-hybridized carbons (Fsp3) is 0.467. The molecule has 0 saturated heterocycles. The van der Waals surface area contributed by atoms with Gasteiger partial charge in [0, 0.05) is 5.56 Å². The van der Waals surface area contributed by atoms with Crippen molar-refractivity contribution in [2.75, 3.05) is 6.61 Å². The molecular formula is C15H20O3. The molecule has 0 amide bonds. The number of hydrogen-bond acceptors (Lipinski definition) is 3. The van der Waals surface area contributed by atoms with E-state index in [1.807, 2.05) is 33.8 Å². The second-order valence-corrected chi connectivity index (χ2v) is 4.52. The van der Waals surface area contributed by atoms with Gasteiger partial charge in [0.15, 0.2) is 5.78 Å². The molecule has 3 nitrogen and oxygen atoms in total. The van der Waals surface area contributed by atoms with Crippen molar-refractivity contribution in [2.45, 2.75) is 41.0 Å². The highest BCUT2D eigenvalue weighted by molar-refractivity contribution is 6.07. The van der Waals surface area contributed by atoms with Crippen LogP contribution in [0, 0.1) is 27.7 Å². The van der Waals surface area contributed by atoms with Gasteiger partial charge in [-0.25, -0.2) is 0 Å². The standard InChI is InChI=1S/C15H20O3/c1-6-18-15(17)8-14(16)13-7-9(2)10(3)11(4)12(13)5/h7H,6,8H2,1-5H3. The van der Waals surface area contributed by atoms with Gasteiger partial charge in [-0.1, -0.05) is 0 Å². The summed E-state index contributed by atoms with van der Waals surface area (Å²) in [6.45, 7) is 9.96. The minimum Gasteiger partial charge on any atom is -0.466 e. The third-order valence-corrected chi connectivity index (χ3v) is 3.39. The fourth-order valence-corrected chi connectivity index (χ4v) is 1.94. The number of esters is 1. The zero-order chi connectivity index (χ0) is 13.9. The number of Topliss-reactive ketones (excluding diaryl/α,β-unsaturated/α-hetero) is 1. The summed E-state index contributed by atoms with van der Waals surface area (Å²) in [6.07, 6.45) is -0.184. The average molecular weight is 248 g/mol. The summed E-state index contributed by atoms with van der Waals surface area (Å²) in [5.74, 6) is -0.630. The molecule has 3 heteroatoms. The number of ether oxygens (including phenoxy) is 1. The van der Waals surface area contributed by atoms with Crippen molar-refractivity contribution >= 4 is 11.8 Å². The summed E-state index contributed by atoms with van der Waals surface area (Å²) >= 11 is 0. The molecule has 0 bridgehead atoms. The lowest BCUT2D eigenvalue weighted by Gasteiger charge is -2.13. The van der Waals surface area contributed by atoms with Gasteiger partial charge < -0.3 is 4.74 Å². The normalized spacial score (nSPS) is 10.3. The summed E-state index contributed by atoms with van der Waals surface area (Å²) in [5.41, 5.74) is 4.96. The van der Waals surface area contributed by atoms with Crippen molar-refractivity contribution in [1.82, 2.24) is 0 Å². The molecule has 0 spiro atoms. The molecule has 1 rings (SSSR count). The first kappa shape index (κ1) is 14.4. The first-order valence-electron chi connectivity index (χ1n) is 6.14. The quantitative estimate of drug-likeness (QED) is 0.467. The van der Waals surface area contributed by atoms with Crippen molar-refractivity contribution < 1.29 is 14.3 Å². The van der Waals surface area contributed by atoms with E-state index in [1.165, 1.54) is 5.56 Å². The van der Waals surface area contributed by atoms with Crippen LogP contribution in [0.15, 0.2) is 6.07 Å². The van der Waals surface area contributed by atoms with Crippen LogP contribution in [0.1, 0.15) is 46.0 Å². The molecule has 1 aromatic rings. The van der Waals surface area contributed by atoms with Crippen molar-refractivity contribution in [3.63, 3.8) is 0 Å². The van der Waals surface area contributed by atoms with Gasteiger partial charge in [0.2, 0.25) is 0 Å². The third-order valence-electron chi connectivity index (χ3n) is 3.39. The number of aryl methyl sites for hydroxylation is 1. The monoisotopic (exact) mass is 248 g/mol. The maximum Gasteiger partial charge on any atom is 0.313 e. The molecule has 0 saturated carbocycles. The highest BCUT2D eigenvalue weighted by Crippen LogP contribution is 2.22. The van der Waals surface area contributed by atoms with E-state index in [4.69, 9.17) is 4.74 Å². The fourth-order valence-electron chi connectivity index (χ4n) is 1.94. The van der Waals surface area contributed by atoms with Gasteiger partial charge in [0.05, 0.1) is 6.61 Å². The largest absolute Gasteiger partial charge is 0.466 e. The topological polar surface area (TPSA) is 43.4 Å². The summed E-state index contributed by atoms with van der Waals surface area (Å²) in [6, 6.07) is 1.86. The van der Waals surface area contributed by atoms with Crippen LogP contribution in [0.2, 0.25) is 0 Å². The van der Waals surface area contributed by atoms with Crippen molar-refractivity contribution in [1.29, 1.82) is 0 Å². The second kappa shape index (κ2) is 5.80. The van der Waals surface area contributed by atoms with E-state index in [0.29, 0.717) is 12.2 Å². The molecule has 0 radical (unpaired) electrons. The number of ketones is 1.